The second-order valence-electron chi connectivity index (χ2n) is 4.96. The fraction of sp³-hybridized carbons (Fsp3) is 0.571. The highest BCUT2D eigenvalue weighted by Gasteiger charge is 2.21. The number of benzene rings is 1. The van der Waals surface area contributed by atoms with Crippen molar-refractivity contribution < 1.29 is 0 Å². The molecule has 0 saturated carbocycles. The van der Waals surface area contributed by atoms with E-state index >= 15 is 0 Å². The summed E-state index contributed by atoms with van der Waals surface area (Å²) in [5.74, 6) is 0.729. The molecule has 1 atom stereocenters. The third kappa shape index (κ3) is 3.06. The van der Waals surface area contributed by atoms with Crippen LogP contribution in [0.2, 0.25) is 0 Å². The van der Waals surface area contributed by atoms with Crippen LogP contribution in [0.4, 0.5) is 0 Å². The molecule has 1 aromatic rings. The van der Waals surface area contributed by atoms with Gasteiger partial charge in [0.05, 0.1) is 0 Å². The molecule has 0 unspecified atom stereocenters. The molecule has 0 amide bonds. The summed E-state index contributed by atoms with van der Waals surface area (Å²) in [7, 11) is 0. The first-order valence-electron chi connectivity index (χ1n) is 6.27. The van der Waals surface area contributed by atoms with Gasteiger partial charge in [0.25, 0.3) is 0 Å². The van der Waals surface area contributed by atoms with E-state index in [0.717, 1.165) is 12.5 Å². The third-order valence-electron chi connectivity index (χ3n) is 3.62. The molecule has 1 aliphatic heterocycles. The molecule has 1 saturated heterocycles. The van der Waals surface area contributed by atoms with Crippen molar-refractivity contribution in [2.75, 3.05) is 13.1 Å². The molecule has 16 heavy (non-hydrogen) atoms. The normalized spacial score (nSPS) is 20.9. The standard InChI is InChI=1S/C14H22N2/c1-12(15)14-7-9-16(10-8-14)11-13-5-3-2-4-6-13/h2-6,12,14H,7-11,15H2,1H3/t12-/m0/s1. The van der Waals surface area contributed by atoms with Crippen molar-refractivity contribution in [2.45, 2.75) is 32.4 Å². The maximum absolute atomic E-state index is 5.95. The average molecular weight is 218 g/mol. The van der Waals surface area contributed by atoms with Gasteiger partial charge in [0.2, 0.25) is 0 Å². The van der Waals surface area contributed by atoms with Gasteiger partial charge in [-0.3, -0.25) is 4.90 Å². The van der Waals surface area contributed by atoms with E-state index in [1.807, 2.05) is 0 Å². The minimum atomic E-state index is 0.360. The number of rotatable bonds is 3. The molecule has 1 fully saturated rings. The molecule has 2 N–H and O–H groups in total. The summed E-state index contributed by atoms with van der Waals surface area (Å²) in [6.07, 6.45) is 2.51. The van der Waals surface area contributed by atoms with E-state index in [9.17, 15) is 0 Å². The molecule has 0 bridgehead atoms. The summed E-state index contributed by atoms with van der Waals surface area (Å²) < 4.78 is 0. The second-order valence-corrected chi connectivity index (χ2v) is 4.96. The zero-order valence-corrected chi connectivity index (χ0v) is 10.1. The molecule has 88 valence electrons. The molecule has 0 radical (unpaired) electrons. The van der Waals surface area contributed by atoms with Gasteiger partial charge in [-0.25, -0.2) is 0 Å². The molecule has 1 aliphatic rings. The van der Waals surface area contributed by atoms with E-state index in [1.165, 1.54) is 31.5 Å². The third-order valence-corrected chi connectivity index (χ3v) is 3.62. The first-order chi connectivity index (χ1) is 7.75. The minimum absolute atomic E-state index is 0.360. The summed E-state index contributed by atoms with van der Waals surface area (Å²) in [5.41, 5.74) is 7.36. The predicted molar refractivity (Wildman–Crippen MR) is 68.1 cm³/mol. The van der Waals surface area contributed by atoms with Crippen LogP contribution in [0.3, 0.4) is 0 Å². The summed E-state index contributed by atoms with van der Waals surface area (Å²) >= 11 is 0. The molecule has 1 aromatic carbocycles. The predicted octanol–water partition coefficient (Wildman–Crippen LogP) is 2.25. The highest BCUT2D eigenvalue weighted by Crippen LogP contribution is 2.20. The zero-order chi connectivity index (χ0) is 11.4. The van der Waals surface area contributed by atoms with E-state index in [0.29, 0.717) is 6.04 Å². The van der Waals surface area contributed by atoms with Gasteiger partial charge in [0.1, 0.15) is 0 Å². The highest BCUT2D eigenvalue weighted by molar-refractivity contribution is 5.14. The first-order valence-corrected chi connectivity index (χ1v) is 6.27. The molecule has 2 heteroatoms. The zero-order valence-electron chi connectivity index (χ0n) is 10.1. The van der Waals surface area contributed by atoms with Gasteiger partial charge in [0.15, 0.2) is 0 Å². The van der Waals surface area contributed by atoms with Crippen LogP contribution >= 0.6 is 0 Å². The molecule has 2 nitrogen and oxygen atoms in total. The maximum Gasteiger partial charge on any atom is 0.0233 e. The van der Waals surface area contributed by atoms with Crippen LogP contribution in [0, 0.1) is 5.92 Å². The second kappa shape index (κ2) is 5.46. The van der Waals surface area contributed by atoms with Crippen molar-refractivity contribution in [3.8, 4) is 0 Å². The molecule has 0 aliphatic carbocycles. The van der Waals surface area contributed by atoms with Crippen molar-refractivity contribution in [1.29, 1.82) is 0 Å². The summed E-state index contributed by atoms with van der Waals surface area (Å²) in [5, 5.41) is 0. The molecular weight excluding hydrogens is 196 g/mol. The molecule has 2 rings (SSSR count). The first kappa shape index (κ1) is 11.6. The Hall–Kier alpha value is -0.860. The van der Waals surface area contributed by atoms with Gasteiger partial charge in [-0.2, -0.15) is 0 Å². The fourth-order valence-electron chi connectivity index (χ4n) is 2.48. The Morgan fingerprint density at radius 1 is 1.25 bits per heavy atom. The molecule has 0 spiro atoms. The van der Waals surface area contributed by atoms with Gasteiger partial charge >= 0.3 is 0 Å². The largest absolute Gasteiger partial charge is 0.328 e. The Morgan fingerprint density at radius 3 is 2.44 bits per heavy atom. The van der Waals surface area contributed by atoms with E-state index in [1.54, 1.807) is 0 Å². The topological polar surface area (TPSA) is 29.3 Å². The lowest BCUT2D eigenvalue weighted by Crippen LogP contribution is -2.39. The van der Waals surface area contributed by atoms with Crippen LogP contribution in [0.25, 0.3) is 0 Å². The van der Waals surface area contributed by atoms with E-state index in [-0.39, 0.29) is 0 Å². The van der Waals surface area contributed by atoms with Crippen LogP contribution in [0.1, 0.15) is 25.3 Å². The maximum atomic E-state index is 5.95. The van der Waals surface area contributed by atoms with Crippen LogP contribution in [0.5, 0.6) is 0 Å². The minimum Gasteiger partial charge on any atom is -0.328 e. The number of hydrogen-bond acceptors (Lipinski definition) is 2. The van der Waals surface area contributed by atoms with Crippen molar-refractivity contribution in [1.82, 2.24) is 4.90 Å². The van der Waals surface area contributed by atoms with E-state index in [4.69, 9.17) is 5.73 Å². The summed E-state index contributed by atoms with van der Waals surface area (Å²) in [6.45, 7) is 5.62. The highest BCUT2D eigenvalue weighted by atomic mass is 15.1. The number of likely N-dealkylation sites (tertiary alicyclic amines) is 1. The van der Waals surface area contributed by atoms with Gasteiger partial charge in [-0.15, -0.1) is 0 Å². The van der Waals surface area contributed by atoms with Crippen molar-refractivity contribution >= 4 is 0 Å². The Bertz CT molecular complexity index is 300. The summed E-state index contributed by atoms with van der Waals surface area (Å²) in [6, 6.07) is 11.1. The Balaban J connectivity index is 1.82. The van der Waals surface area contributed by atoms with Crippen LogP contribution in [-0.2, 0) is 6.54 Å². The number of piperidine rings is 1. The Morgan fingerprint density at radius 2 is 1.88 bits per heavy atom. The van der Waals surface area contributed by atoms with E-state index in [2.05, 4.69) is 42.2 Å². The van der Waals surface area contributed by atoms with Crippen molar-refractivity contribution in [3.63, 3.8) is 0 Å². The molecule has 0 aromatic heterocycles. The van der Waals surface area contributed by atoms with Crippen LogP contribution in [-0.4, -0.2) is 24.0 Å². The van der Waals surface area contributed by atoms with Gasteiger partial charge < -0.3 is 5.73 Å². The van der Waals surface area contributed by atoms with Crippen molar-refractivity contribution in [3.05, 3.63) is 35.9 Å². The van der Waals surface area contributed by atoms with Crippen molar-refractivity contribution in [2.24, 2.45) is 11.7 Å². The fourth-order valence-corrected chi connectivity index (χ4v) is 2.48. The van der Waals surface area contributed by atoms with Gasteiger partial charge in [0, 0.05) is 12.6 Å². The SMILES string of the molecule is C[C@H](N)C1CCN(Cc2ccccc2)CC1. The van der Waals surface area contributed by atoms with Gasteiger partial charge in [-0.05, 0) is 44.3 Å². The quantitative estimate of drug-likeness (QED) is 0.843. The van der Waals surface area contributed by atoms with Gasteiger partial charge in [-0.1, -0.05) is 30.3 Å². The Labute approximate surface area is 98.4 Å². The molecular formula is C14H22N2. The number of nitrogens with zero attached hydrogens (tertiary/aromatic N) is 1. The van der Waals surface area contributed by atoms with Crippen LogP contribution in [0.15, 0.2) is 30.3 Å². The summed E-state index contributed by atoms with van der Waals surface area (Å²) in [4.78, 5) is 2.54. The monoisotopic (exact) mass is 218 g/mol. The molecule has 1 heterocycles. The lowest BCUT2D eigenvalue weighted by atomic mass is 9.91. The Kier molecular flexibility index (Phi) is 3.97. The smallest absolute Gasteiger partial charge is 0.0233 e. The lowest BCUT2D eigenvalue weighted by molar-refractivity contribution is 0.166. The average Bonchev–Trinajstić information content (AvgIpc) is 2.31. The van der Waals surface area contributed by atoms with E-state index < -0.39 is 0 Å². The van der Waals surface area contributed by atoms with Crippen LogP contribution < -0.4 is 5.73 Å². The lowest BCUT2D eigenvalue weighted by Gasteiger charge is -2.33. The number of hydrogen-bond donors (Lipinski definition) is 1. The number of nitrogens with two attached hydrogens (primary N) is 1.